The summed E-state index contributed by atoms with van der Waals surface area (Å²) in [6, 6.07) is 13.4. The molecule has 0 atom stereocenters. The van der Waals surface area contributed by atoms with Crippen molar-refractivity contribution in [2.24, 2.45) is 0 Å². The largest absolute Gasteiger partial charge is 0.416 e. The summed E-state index contributed by atoms with van der Waals surface area (Å²) in [5, 5.41) is 3.75. The summed E-state index contributed by atoms with van der Waals surface area (Å²) >= 11 is 0. The number of hydrogen-bond acceptors (Lipinski definition) is 2. The second kappa shape index (κ2) is 6.37. The first-order chi connectivity index (χ1) is 13.9. The Balaban J connectivity index is 1.80. The average molecular weight is 398 g/mol. The van der Waals surface area contributed by atoms with Crippen molar-refractivity contribution >= 4 is 17.2 Å². The standard InChI is InChI=1S/C23H21F3N2O/c24-23(25,26)17-8-9-20-18(14-17)19(16-6-2-1-3-7-16)15-22(11-4-5-12-22)28-21(29)10-13-27(20)28/h1-3,6-9,14-15H,4-5,10-13H2. The molecule has 1 saturated heterocycles. The van der Waals surface area contributed by atoms with Gasteiger partial charge >= 0.3 is 6.18 Å². The third-order valence-electron chi connectivity index (χ3n) is 6.30. The fourth-order valence-corrected chi connectivity index (χ4v) is 5.02. The van der Waals surface area contributed by atoms with Gasteiger partial charge in [0.15, 0.2) is 0 Å². The Morgan fingerprint density at radius 1 is 0.966 bits per heavy atom. The Hall–Kier alpha value is -2.76. The zero-order valence-corrected chi connectivity index (χ0v) is 15.9. The first-order valence-corrected chi connectivity index (χ1v) is 9.99. The molecule has 0 bridgehead atoms. The van der Waals surface area contributed by atoms with E-state index in [1.807, 2.05) is 40.3 Å². The van der Waals surface area contributed by atoms with Crippen molar-refractivity contribution in [3.8, 4) is 0 Å². The van der Waals surface area contributed by atoms with Crippen LogP contribution in [0.3, 0.4) is 0 Å². The maximum absolute atomic E-state index is 13.5. The first kappa shape index (κ1) is 18.3. The molecule has 0 N–H and O–H groups in total. The minimum absolute atomic E-state index is 0.0447. The molecule has 1 saturated carbocycles. The molecule has 2 aromatic carbocycles. The molecule has 5 rings (SSSR count). The van der Waals surface area contributed by atoms with Crippen molar-refractivity contribution in [3.63, 3.8) is 0 Å². The van der Waals surface area contributed by atoms with E-state index in [9.17, 15) is 18.0 Å². The molecule has 150 valence electrons. The lowest BCUT2D eigenvalue weighted by atomic mass is 9.87. The highest BCUT2D eigenvalue weighted by Crippen LogP contribution is 2.49. The summed E-state index contributed by atoms with van der Waals surface area (Å²) in [5.41, 5.74) is 1.70. The smallest absolute Gasteiger partial charge is 0.281 e. The highest BCUT2D eigenvalue weighted by Gasteiger charge is 2.49. The second-order valence-corrected chi connectivity index (χ2v) is 8.04. The van der Waals surface area contributed by atoms with Crippen LogP contribution in [0, 0.1) is 0 Å². The highest BCUT2D eigenvalue weighted by molar-refractivity contribution is 5.93. The number of hydrazine groups is 1. The summed E-state index contributed by atoms with van der Waals surface area (Å²) in [7, 11) is 0. The van der Waals surface area contributed by atoms with Crippen LogP contribution in [-0.2, 0) is 11.0 Å². The van der Waals surface area contributed by atoms with Gasteiger partial charge in [-0.2, -0.15) is 13.2 Å². The van der Waals surface area contributed by atoms with E-state index >= 15 is 0 Å². The number of alkyl halides is 3. The topological polar surface area (TPSA) is 23.6 Å². The number of hydrogen-bond donors (Lipinski definition) is 0. The van der Waals surface area contributed by atoms with Crippen molar-refractivity contribution in [2.45, 2.75) is 43.8 Å². The van der Waals surface area contributed by atoms with Crippen LogP contribution in [0.5, 0.6) is 0 Å². The third-order valence-corrected chi connectivity index (χ3v) is 6.30. The monoisotopic (exact) mass is 398 g/mol. The Morgan fingerprint density at radius 2 is 1.69 bits per heavy atom. The molecule has 3 nitrogen and oxygen atoms in total. The predicted octanol–water partition coefficient (Wildman–Crippen LogP) is 5.42. The number of halogens is 3. The fourth-order valence-electron chi connectivity index (χ4n) is 5.02. The molecule has 2 fully saturated rings. The third kappa shape index (κ3) is 2.84. The zero-order valence-electron chi connectivity index (χ0n) is 15.9. The maximum Gasteiger partial charge on any atom is 0.416 e. The number of benzene rings is 2. The minimum atomic E-state index is -4.42. The SMILES string of the molecule is O=C1CCN2c3ccc(C(F)(F)F)cc3C(c3ccccc3)=CC3(CCCC3)N12. The van der Waals surface area contributed by atoms with Crippen LogP contribution in [0.15, 0.2) is 54.6 Å². The molecule has 2 aliphatic heterocycles. The van der Waals surface area contributed by atoms with E-state index in [-0.39, 0.29) is 5.91 Å². The summed E-state index contributed by atoms with van der Waals surface area (Å²) in [6.07, 6.45) is 1.68. The quantitative estimate of drug-likeness (QED) is 0.641. The van der Waals surface area contributed by atoms with E-state index in [1.165, 1.54) is 12.1 Å². The number of nitrogens with zero attached hydrogens (tertiary/aromatic N) is 2. The molecule has 1 aliphatic carbocycles. The number of fused-ring (bicyclic) bond motifs is 4. The molecule has 0 radical (unpaired) electrons. The van der Waals surface area contributed by atoms with Gasteiger partial charge in [-0.1, -0.05) is 43.2 Å². The van der Waals surface area contributed by atoms with E-state index in [0.717, 1.165) is 42.9 Å². The molecular weight excluding hydrogens is 377 g/mol. The maximum atomic E-state index is 13.5. The minimum Gasteiger partial charge on any atom is -0.281 e. The van der Waals surface area contributed by atoms with Crippen molar-refractivity contribution in [1.29, 1.82) is 0 Å². The average Bonchev–Trinajstić information content (AvgIpc) is 3.30. The molecule has 6 heteroatoms. The van der Waals surface area contributed by atoms with Gasteiger partial charge in [0.05, 0.1) is 16.8 Å². The van der Waals surface area contributed by atoms with Crippen molar-refractivity contribution in [1.82, 2.24) is 5.01 Å². The molecule has 29 heavy (non-hydrogen) atoms. The van der Waals surface area contributed by atoms with E-state index in [0.29, 0.717) is 24.2 Å². The van der Waals surface area contributed by atoms with E-state index < -0.39 is 17.3 Å². The van der Waals surface area contributed by atoms with Crippen molar-refractivity contribution in [2.75, 3.05) is 11.6 Å². The number of anilines is 1. The molecular formula is C23H21F3N2O. The van der Waals surface area contributed by atoms with Gasteiger partial charge in [-0.05, 0) is 48.3 Å². The van der Waals surface area contributed by atoms with Crippen LogP contribution < -0.4 is 5.01 Å². The summed E-state index contributed by atoms with van der Waals surface area (Å²) < 4.78 is 40.5. The normalized spacial score (nSPS) is 20.5. The van der Waals surface area contributed by atoms with Gasteiger partial charge in [0.25, 0.3) is 0 Å². The molecule has 2 aromatic rings. The number of carbonyl (C=O) groups is 1. The molecule has 0 unspecified atom stereocenters. The van der Waals surface area contributed by atoms with Gasteiger partial charge in [-0.15, -0.1) is 0 Å². The summed E-state index contributed by atoms with van der Waals surface area (Å²) in [4.78, 5) is 12.9. The Bertz CT molecular complexity index is 991. The lowest BCUT2D eigenvalue weighted by Crippen LogP contribution is -2.53. The van der Waals surface area contributed by atoms with Crippen LogP contribution >= 0.6 is 0 Å². The first-order valence-electron chi connectivity index (χ1n) is 9.99. The van der Waals surface area contributed by atoms with E-state index in [2.05, 4.69) is 6.08 Å². The zero-order chi connectivity index (χ0) is 20.2. The van der Waals surface area contributed by atoms with Gasteiger partial charge < -0.3 is 0 Å². The van der Waals surface area contributed by atoms with Crippen LogP contribution in [0.2, 0.25) is 0 Å². The van der Waals surface area contributed by atoms with Gasteiger partial charge in [-0.25, -0.2) is 5.01 Å². The number of carbonyl (C=O) groups excluding carboxylic acids is 1. The number of rotatable bonds is 1. The summed E-state index contributed by atoms with van der Waals surface area (Å²) in [6.45, 7) is 0.495. The van der Waals surface area contributed by atoms with Gasteiger partial charge in [0.1, 0.15) is 0 Å². The lowest BCUT2D eigenvalue weighted by Gasteiger charge is -2.41. The van der Waals surface area contributed by atoms with Crippen molar-refractivity contribution in [3.05, 3.63) is 71.3 Å². The fraction of sp³-hybridized carbons (Fsp3) is 0.348. The lowest BCUT2D eigenvalue weighted by molar-refractivity contribution is -0.137. The second-order valence-electron chi connectivity index (χ2n) is 8.04. The van der Waals surface area contributed by atoms with Crippen molar-refractivity contribution < 1.29 is 18.0 Å². The van der Waals surface area contributed by atoms with Gasteiger partial charge in [0, 0.05) is 18.5 Å². The van der Waals surface area contributed by atoms with E-state index in [4.69, 9.17) is 0 Å². The van der Waals surface area contributed by atoms with Crippen LogP contribution in [-0.4, -0.2) is 23.0 Å². The van der Waals surface area contributed by atoms with Crippen LogP contribution in [0.4, 0.5) is 18.9 Å². The molecule has 0 aromatic heterocycles. The molecule has 2 heterocycles. The van der Waals surface area contributed by atoms with Gasteiger partial charge in [-0.3, -0.25) is 9.80 Å². The van der Waals surface area contributed by atoms with Gasteiger partial charge in [0.2, 0.25) is 5.91 Å². The molecule has 1 amide bonds. The molecule has 1 spiro atoms. The van der Waals surface area contributed by atoms with Crippen LogP contribution in [0.1, 0.15) is 48.8 Å². The predicted molar refractivity (Wildman–Crippen MR) is 105 cm³/mol. The summed E-state index contributed by atoms with van der Waals surface area (Å²) in [5.74, 6) is 0.0447. The highest BCUT2D eigenvalue weighted by atomic mass is 19.4. The molecule has 3 aliphatic rings. The van der Waals surface area contributed by atoms with Crippen LogP contribution in [0.25, 0.3) is 5.57 Å². The Labute approximate surface area is 167 Å². The Kier molecular flexibility index (Phi) is 4.02. The number of amides is 1. The Morgan fingerprint density at radius 3 is 2.38 bits per heavy atom. The van der Waals surface area contributed by atoms with E-state index in [1.54, 1.807) is 0 Å².